The number of sulfone groups is 1. The van der Waals surface area contributed by atoms with Crippen LogP contribution in [0.3, 0.4) is 0 Å². The van der Waals surface area contributed by atoms with Crippen molar-refractivity contribution in [3.05, 3.63) is 52.2 Å². The maximum atomic E-state index is 11.9. The van der Waals surface area contributed by atoms with Crippen LogP contribution in [-0.2, 0) is 21.1 Å². The number of hydrogen-bond acceptors (Lipinski definition) is 4. The minimum Gasteiger partial charge on any atom is -0.350 e. The number of rotatable bonds is 6. The van der Waals surface area contributed by atoms with E-state index >= 15 is 0 Å². The molecule has 22 heavy (non-hydrogen) atoms. The van der Waals surface area contributed by atoms with E-state index in [1.165, 1.54) is 11.1 Å². The Kier molecular flexibility index (Phi) is 5.37. The van der Waals surface area contributed by atoms with Gasteiger partial charge in [0.25, 0.3) is 0 Å². The van der Waals surface area contributed by atoms with Crippen molar-refractivity contribution in [3.8, 4) is 0 Å². The van der Waals surface area contributed by atoms with E-state index in [4.69, 9.17) is 0 Å². The quantitative estimate of drug-likeness (QED) is 0.881. The Bertz CT molecular complexity index is 719. The predicted octanol–water partition coefficient (Wildman–Crippen LogP) is 2.96. The molecule has 0 spiro atoms. The van der Waals surface area contributed by atoms with Gasteiger partial charge in [-0.3, -0.25) is 4.79 Å². The average Bonchev–Trinajstić information content (AvgIpc) is 2.97. The molecule has 1 amide bonds. The van der Waals surface area contributed by atoms with Gasteiger partial charge in [-0.1, -0.05) is 18.2 Å². The lowest BCUT2D eigenvalue weighted by Gasteiger charge is -2.14. The van der Waals surface area contributed by atoms with Gasteiger partial charge in [0, 0.05) is 17.6 Å². The van der Waals surface area contributed by atoms with Gasteiger partial charge < -0.3 is 5.32 Å². The molecule has 6 heteroatoms. The van der Waals surface area contributed by atoms with E-state index in [1.54, 1.807) is 35.6 Å². The molecule has 2 rings (SSSR count). The van der Waals surface area contributed by atoms with Crippen molar-refractivity contribution < 1.29 is 13.2 Å². The molecule has 0 radical (unpaired) electrons. The summed E-state index contributed by atoms with van der Waals surface area (Å²) >= 11 is 1.65. The second-order valence-electron chi connectivity index (χ2n) is 5.21. The van der Waals surface area contributed by atoms with E-state index < -0.39 is 9.84 Å². The third-order valence-electron chi connectivity index (χ3n) is 3.36. The number of aryl methyl sites for hydroxylation is 1. The predicted molar refractivity (Wildman–Crippen MR) is 88.7 cm³/mol. The number of benzene rings is 1. The monoisotopic (exact) mass is 337 g/mol. The van der Waals surface area contributed by atoms with Crippen LogP contribution in [0.4, 0.5) is 0 Å². The Balaban J connectivity index is 1.91. The number of carbonyl (C=O) groups excluding carboxylic acids is 1. The summed E-state index contributed by atoms with van der Waals surface area (Å²) in [6.45, 7) is 1.89. The van der Waals surface area contributed by atoms with Crippen molar-refractivity contribution in [3.63, 3.8) is 0 Å². The van der Waals surface area contributed by atoms with Crippen LogP contribution in [0.25, 0.3) is 0 Å². The van der Waals surface area contributed by atoms with Gasteiger partial charge in [-0.2, -0.15) is 0 Å². The van der Waals surface area contributed by atoms with Crippen molar-refractivity contribution >= 4 is 27.1 Å². The first-order valence-electron chi connectivity index (χ1n) is 6.98. The van der Waals surface area contributed by atoms with Gasteiger partial charge in [-0.05, 0) is 42.5 Å². The zero-order chi connectivity index (χ0) is 16.2. The highest BCUT2D eigenvalue weighted by atomic mass is 32.2. The zero-order valence-corrected chi connectivity index (χ0v) is 14.2. The van der Waals surface area contributed by atoms with Gasteiger partial charge in [0.15, 0.2) is 9.84 Å². The Morgan fingerprint density at radius 1 is 1.23 bits per heavy atom. The van der Waals surface area contributed by atoms with Crippen LogP contribution in [0.2, 0.25) is 0 Å². The molecular weight excluding hydrogens is 318 g/mol. The normalized spacial score (nSPS) is 12.8. The van der Waals surface area contributed by atoms with Crippen LogP contribution < -0.4 is 5.32 Å². The number of amides is 1. The molecule has 0 saturated heterocycles. The minimum atomic E-state index is -3.19. The fraction of sp³-hybridized carbons (Fsp3) is 0.312. The fourth-order valence-corrected chi connectivity index (χ4v) is 3.43. The van der Waals surface area contributed by atoms with Gasteiger partial charge in [0.05, 0.1) is 10.9 Å². The largest absolute Gasteiger partial charge is 0.350 e. The smallest absolute Gasteiger partial charge is 0.220 e. The van der Waals surface area contributed by atoms with Gasteiger partial charge in [-0.25, -0.2) is 8.42 Å². The van der Waals surface area contributed by atoms with E-state index in [9.17, 15) is 13.2 Å². The molecule has 0 aliphatic rings. The van der Waals surface area contributed by atoms with E-state index in [0.717, 1.165) is 12.0 Å². The number of carbonyl (C=O) groups is 1. The molecule has 0 fully saturated rings. The first kappa shape index (κ1) is 16.7. The molecule has 118 valence electrons. The standard InChI is InChI=1S/C16H19NO3S2/c1-12(13-5-8-15(9-6-13)22(2,19)20)17-16(18)10-7-14-4-3-11-21-14/h3-6,8-9,11-12H,7,10H2,1-2H3,(H,17,18)/t12-/m1/s1. The lowest BCUT2D eigenvalue weighted by atomic mass is 10.1. The number of hydrogen-bond donors (Lipinski definition) is 1. The minimum absolute atomic E-state index is 0.00640. The van der Waals surface area contributed by atoms with E-state index in [0.29, 0.717) is 6.42 Å². The molecule has 1 aromatic heterocycles. The Morgan fingerprint density at radius 2 is 1.91 bits per heavy atom. The van der Waals surface area contributed by atoms with Crippen molar-refractivity contribution in [1.29, 1.82) is 0 Å². The van der Waals surface area contributed by atoms with Crippen LogP contribution in [0, 0.1) is 0 Å². The number of nitrogens with one attached hydrogen (secondary N) is 1. The Hall–Kier alpha value is -1.66. The summed E-state index contributed by atoms with van der Waals surface area (Å²) in [5.41, 5.74) is 0.886. The van der Waals surface area contributed by atoms with Gasteiger partial charge >= 0.3 is 0 Å². The summed E-state index contributed by atoms with van der Waals surface area (Å²) in [5, 5.41) is 4.93. The summed E-state index contributed by atoms with van der Waals surface area (Å²) in [7, 11) is -3.19. The highest BCUT2D eigenvalue weighted by Crippen LogP contribution is 2.17. The molecule has 1 N–H and O–H groups in total. The van der Waals surface area contributed by atoms with Crippen molar-refractivity contribution in [2.75, 3.05) is 6.26 Å². The first-order chi connectivity index (χ1) is 10.4. The molecule has 4 nitrogen and oxygen atoms in total. The fourth-order valence-electron chi connectivity index (χ4n) is 2.09. The lowest BCUT2D eigenvalue weighted by Crippen LogP contribution is -2.26. The second-order valence-corrected chi connectivity index (χ2v) is 8.26. The molecular formula is C16H19NO3S2. The van der Waals surface area contributed by atoms with E-state index in [1.807, 2.05) is 24.4 Å². The molecule has 0 aliphatic carbocycles. The van der Waals surface area contributed by atoms with Crippen LogP contribution in [0.15, 0.2) is 46.7 Å². The molecule has 0 bridgehead atoms. The topological polar surface area (TPSA) is 63.2 Å². The Morgan fingerprint density at radius 3 is 2.45 bits per heavy atom. The van der Waals surface area contributed by atoms with Crippen LogP contribution in [0.1, 0.15) is 29.8 Å². The van der Waals surface area contributed by atoms with Crippen molar-refractivity contribution in [2.24, 2.45) is 0 Å². The van der Waals surface area contributed by atoms with E-state index in [-0.39, 0.29) is 16.8 Å². The molecule has 1 aromatic carbocycles. The first-order valence-corrected chi connectivity index (χ1v) is 9.75. The maximum absolute atomic E-state index is 11.9. The third kappa shape index (κ3) is 4.68. The molecule has 0 aliphatic heterocycles. The summed E-state index contributed by atoms with van der Waals surface area (Å²) in [6, 6.07) is 10.5. The highest BCUT2D eigenvalue weighted by molar-refractivity contribution is 7.90. The van der Waals surface area contributed by atoms with Gasteiger partial charge in [0.2, 0.25) is 5.91 Å². The maximum Gasteiger partial charge on any atom is 0.220 e. The zero-order valence-electron chi connectivity index (χ0n) is 12.6. The molecule has 0 unspecified atom stereocenters. The lowest BCUT2D eigenvalue weighted by molar-refractivity contribution is -0.121. The van der Waals surface area contributed by atoms with Crippen LogP contribution >= 0.6 is 11.3 Å². The van der Waals surface area contributed by atoms with Crippen LogP contribution in [-0.4, -0.2) is 20.6 Å². The van der Waals surface area contributed by atoms with Gasteiger partial charge in [0.1, 0.15) is 0 Å². The SMILES string of the molecule is C[C@@H](NC(=O)CCc1cccs1)c1ccc(S(C)(=O)=O)cc1. The number of thiophene rings is 1. The molecule has 0 saturated carbocycles. The summed E-state index contributed by atoms with van der Waals surface area (Å²) < 4.78 is 22.8. The average molecular weight is 337 g/mol. The molecule has 1 atom stereocenters. The summed E-state index contributed by atoms with van der Waals surface area (Å²) in [6.07, 6.45) is 2.37. The Labute approximate surface area is 135 Å². The summed E-state index contributed by atoms with van der Waals surface area (Å²) in [4.78, 5) is 13.4. The molecule has 2 aromatic rings. The molecule has 1 heterocycles. The second kappa shape index (κ2) is 7.07. The third-order valence-corrected chi connectivity index (χ3v) is 5.43. The van der Waals surface area contributed by atoms with E-state index in [2.05, 4.69) is 5.32 Å². The van der Waals surface area contributed by atoms with Crippen molar-refractivity contribution in [1.82, 2.24) is 5.32 Å². The highest BCUT2D eigenvalue weighted by Gasteiger charge is 2.12. The van der Waals surface area contributed by atoms with Crippen molar-refractivity contribution in [2.45, 2.75) is 30.7 Å². The summed E-state index contributed by atoms with van der Waals surface area (Å²) in [5.74, 6) is -0.00640. The van der Waals surface area contributed by atoms with Crippen LogP contribution in [0.5, 0.6) is 0 Å². The van der Waals surface area contributed by atoms with Gasteiger partial charge in [-0.15, -0.1) is 11.3 Å².